The van der Waals surface area contributed by atoms with Gasteiger partial charge in [-0.05, 0) is 47.1 Å². The third-order valence-electron chi connectivity index (χ3n) is 2.76. The molecule has 0 saturated carbocycles. The lowest BCUT2D eigenvalue weighted by Gasteiger charge is -2.19. The Balaban J connectivity index is 2.15. The van der Waals surface area contributed by atoms with Crippen molar-refractivity contribution in [2.24, 2.45) is 0 Å². The van der Waals surface area contributed by atoms with Crippen LogP contribution in [0.15, 0.2) is 6.20 Å². The maximum atomic E-state index is 11.5. The van der Waals surface area contributed by atoms with Crippen molar-refractivity contribution in [1.29, 1.82) is 0 Å². The molecule has 1 aromatic heterocycles. The molecule has 0 aromatic carbocycles. The van der Waals surface area contributed by atoms with E-state index in [0.29, 0.717) is 6.54 Å². The minimum atomic E-state index is -0.446. The zero-order valence-electron chi connectivity index (χ0n) is 13.7. The molecule has 1 atom stereocenters. The van der Waals surface area contributed by atoms with Gasteiger partial charge in [-0.1, -0.05) is 6.92 Å². The third-order valence-corrected chi connectivity index (χ3v) is 4.09. The number of thiazole rings is 1. The van der Waals surface area contributed by atoms with E-state index in [1.54, 1.807) is 11.3 Å². The van der Waals surface area contributed by atoms with E-state index in [2.05, 4.69) is 29.5 Å². The van der Waals surface area contributed by atoms with Crippen LogP contribution in [0.3, 0.4) is 0 Å². The SMILES string of the molecule is CCc1cnc(C(C)NCCCNC(=O)OC(C)(C)C)s1. The Hall–Kier alpha value is -1.14. The second kappa shape index (κ2) is 8.34. The highest BCUT2D eigenvalue weighted by molar-refractivity contribution is 7.11. The summed E-state index contributed by atoms with van der Waals surface area (Å²) in [6, 6.07) is 0.247. The first-order valence-electron chi connectivity index (χ1n) is 7.46. The second-order valence-electron chi connectivity index (χ2n) is 5.98. The Kier molecular flexibility index (Phi) is 7.11. The number of aryl methyl sites for hydroxylation is 1. The Morgan fingerprint density at radius 1 is 1.43 bits per heavy atom. The van der Waals surface area contributed by atoms with Crippen molar-refractivity contribution < 1.29 is 9.53 Å². The molecule has 0 aliphatic carbocycles. The van der Waals surface area contributed by atoms with E-state index < -0.39 is 5.60 Å². The summed E-state index contributed by atoms with van der Waals surface area (Å²) in [5, 5.41) is 7.28. The van der Waals surface area contributed by atoms with Gasteiger partial charge in [0.1, 0.15) is 10.6 Å². The second-order valence-corrected chi connectivity index (χ2v) is 7.12. The number of rotatable bonds is 7. The van der Waals surface area contributed by atoms with Crippen molar-refractivity contribution in [3.8, 4) is 0 Å². The summed E-state index contributed by atoms with van der Waals surface area (Å²) in [5.41, 5.74) is -0.446. The maximum absolute atomic E-state index is 11.5. The number of alkyl carbamates (subject to hydrolysis) is 1. The van der Waals surface area contributed by atoms with Gasteiger partial charge >= 0.3 is 6.09 Å². The molecule has 1 heterocycles. The molecule has 6 heteroatoms. The van der Waals surface area contributed by atoms with Gasteiger partial charge in [0, 0.05) is 17.6 Å². The Labute approximate surface area is 131 Å². The van der Waals surface area contributed by atoms with E-state index in [9.17, 15) is 4.79 Å². The fourth-order valence-corrected chi connectivity index (χ4v) is 2.57. The molecule has 21 heavy (non-hydrogen) atoms. The molecule has 0 aliphatic rings. The Morgan fingerprint density at radius 3 is 2.71 bits per heavy atom. The van der Waals surface area contributed by atoms with Crippen LogP contribution in [-0.4, -0.2) is 29.8 Å². The highest BCUT2D eigenvalue weighted by Gasteiger charge is 2.15. The molecule has 1 amide bonds. The van der Waals surface area contributed by atoms with Crippen molar-refractivity contribution >= 4 is 17.4 Å². The lowest BCUT2D eigenvalue weighted by Crippen LogP contribution is -2.34. The van der Waals surface area contributed by atoms with E-state index in [1.165, 1.54) is 4.88 Å². The molecule has 2 N–H and O–H groups in total. The Bertz CT molecular complexity index is 440. The van der Waals surface area contributed by atoms with E-state index >= 15 is 0 Å². The number of nitrogens with zero attached hydrogens (tertiary/aromatic N) is 1. The van der Waals surface area contributed by atoms with Crippen LogP contribution in [0.5, 0.6) is 0 Å². The monoisotopic (exact) mass is 313 g/mol. The highest BCUT2D eigenvalue weighted by Crippen LogP contribution is 2.19. The predicted octanol–water partition coefficient (Wildman–Crippen LogP) is 3.27. The molecule has 0 radical (unpaired) electrons. The molecule has 0 spiro atoms. The summed E-state index contributed by atoms with van der Waals surface area (Å²) in [4.78, 5) is 17.2. The van der Waals surface area contributed by atoms with Crippen LogP contribution >= 0.6 is 11.3 Å². The van der Waals surface area contributed by atoms with Gasteiger partial charge in [-0.2, -0.15) is 0 Å². The normalized spacial score (nSPS) is 13.0. The molecule has 0 fully saturated rings. The van der Waals surface area contributed by atoms with Gasteiger partial charge in [0.15, 0.2) is 0 Å². The molecule has 1 aromatic rings. The fourth-order valence-electron chi connectivity index (χ4n) is 1.69. The number of carbonyl (C=O) groups excluding carboxylic acids is 1. The average molecular weight is 313 g/mol. The van der Waals surface area contributed by atoms with Gasteiger partial charge in [0.25, 0.3) is 0 Å². The first kappa shape index (κ1) is 17.9. The largest absolute Gasteiger partial charge is 0.444 e. The predicted molar refractivity (Wildman–Crippen MR) is 86.8 cm³/mol. The topological polar surface area (TPSA) is 63.2 Å². The maximum Gasteiger partial charge on any atom is 0.407 e. The van der Waals surface area contributed by atoms with Gasteiger partial charge in [-0.25, -0.2) is 9.78 Å². The molecule has 5 nitrogen and oxygen atoms in total. The van der Waals surface area contributed by atoms with Crippen LogP contribution in [0.2, 0.25) is 0 Å². The minimum Gasteiger partial charge on any atom is -0.444 e. The van der Waals surface area contributed by atoms with E-state index in [-0.39, 0.29) is 12.1 Å². The van der Waals surface area contributed by atoms with Gasteiger partial charge in [-0.3, -0.25) is 0 Å². The number of aromatic nitrogens is 1. The van der Waals surface area contributed by atoms with Crippen molar-refractivity contribution in [3.05, 3.63) is 16.1 Å². The molecular formula is C15H27N3O2S. The first-order chi connectivity index (χ1) is 9.81. The van der Waals surface area contributed by atoms with E-state index in [0.717, 1.165) is 24.4 Å². The summed E-state index contributed by atoms with van der Waals surface area (Å²) in [6.07, 6.45) is 3.48. The van der Waals surface area contributed by atoms with Crippen LogP contribution in [0.1, 0.15) is 57.0 Å². The lowest BCUT2D eigenvalue weighted by molar-refractivity contribution is 0.0527. The van der Waals surface area contributed by atoms with Crippen LogP contribution in [0.4, 0.5) is 4.79 Å². The van der Waals surface area contributed by atoms with Gasteiger partial charge in [0.05, 0.1) is 6.04 Å². The van der Waals surface area contributed by atoms with Crippen LogP contribution in [0.25, 0.3) is 0 Å². The molecule has 0 aliphatic heterocycles. The van der Waals surface area contributed by atoms with Crippen molar-refractivity contribution in [3.63, 3.8) is 0 Å². The molecule has 1 rings (SSSR count). The van der Waals surface area contributed by atoms with Gasteiger partial charge < -0.3 is 15.4 Å². The standard InChI is InChI=1S/C15H27N3O2S/c1-6-12-10-18-13(21-12)11(2)16-8-7-9-17-14(19)20-15(3,4)5/h10-11,16H,6-9H2,1-5H3,(H,17,19). The summed E-state index contributed by atoms with van der Waals surface area (Å²) >= 11 is 1.75. The summed E-state index contributed by atoms with van der Waals surface area (Å²) in [5.74, 6) is 0. The fraction of sp³-hybridized carbons (Fsp3) is 0.733. The lowest BCUT2D eigenvalue weighted by atomic mass is 10.2. The smallest absolute Gasteiger partial charge is 0.407 e. The molecule has 120 valence electrons. The van der Waals surface area contributed by atoms with Crippen LogP contribution in [-0.2, 0) is 11.2 Å². The van der Waals surface area contributed by atoms with Crippen LogP contribution in [0, 0.1) is 0 Å². The van der Waals surface area contributed by atoms with E-state index in [4.69, 9.17) is 4.74 Å². The Morgan fingerprint density at radius 2 is 2.14 bits per heavy atom. The first-order valence-corrected chi connectivity index (χ1v) is 8.28. The third kappa shape index (κ3) is 7.43. The molecule has 0 bridgehead atoms. The minimum absolute atomic E-state index is 0.247. The van der Waals surface area contributed by atoms with Crippen LogP contribution < -0.4 is 10.6 Å². The van der Waals surface area contributed by atoms with Gasteiger partial charge in [0.2, 0.25) is 0 Å². The number of ether oxygens (including phenoxy) is 1. The molecule has 0 saturated heterocycles. The molecular weight excluding hydrogens is 286 g/mol. The highest BCUT2D eigenvalue weighted by atomic mass is 32.1. The van der Waals surface area contributed by atoms with Crippen molar-refractivity contribution in [2.75, 3.05) is 13.1 Å². The van der Waals surface area contributed by atoms with Crippen molar-refractivity contribution in [1.82, 2.24) is 15.6 Å². The number of carbonyl (C=O) groups is 1. The summed E-state index contributed by atoms with van der Waals surface area (Å²) in [7, 11) is 0. The average Bonchev–Trinajstić information content (AvgIpc) is 2.84. The zero-order chi connectivity index (χ0) is 15.9. The number of hydrogen-bond donors (Lipinski definition) is 2. The molecule has 1 unspecified atom stereocenters. The van der Waals surface area contributed by atoms with Crippen molar-refractivity contribution in [2.45, 2.75) is 59.1 Å². The number of nitrogens with one attached hydrogen (secondary N) is 2. The van der Waals surface area contributed by atoms with Gasteiger partial charge in [-0.15, -0.1) is 11.3 Å². The quantitative estimate of drug-likeness (QED) is 0.758. The van der Waals surface area contributed by atoms with E-state index in [1.807, 2.05) is 27.0 Å². The number of amides is 1. The number of hydrogen-bond acceptors (Lipinski definition) is 5. The summed E-state index contributed by atoms with van der Waals surface area (Å²) < 4.78 is 5.17. The zero-order valence-corrected chi connectivity index (χ0v) is 14.5. The summed E-state index contributed by atoms with van der Waals surface area (Å²) in [6.45, 7) is 11.2.